The van der Waals surface area contributed by atoms with E-state index in [-0.39, 0.29) is 11.5 Å². The van der Waals surface area contributed by atoms with Crippen LogP contribution in [0.2, 0.25) is 5.02 Å². The number of amides is 3. The van der Waals surface area contributed by atoms with Gasteiger partial charge in [-0.2, -0.15) is 0 Å². The Morgan fingerprint density at radius 1 is 1.09 bits per heavy atom. The van der Waals surface area contributed by atoms with Gasteiger partial charge in [-0.25, -0.2) is 9.59 Å². The lowest BCUT2D eigenvalue weighted by atomic mass is 9.93. The average molecular weight is 456 g/mol. The smallest absolute Gasteiger partial charge is 0.335 e. The molecular weight excluding hydrogens is 434 g/mol. The quantitative estimate of drug-likeness (QED) is 0.735. The maximum Gasteiger partial charge on any atom is 0.335 e. The fourth-order valence-electron chi connectivity index (χ4n) is 3.96. The van der Waals surface area contributed by atoms with Crippen molar-refractivity contribution in [1.29, 1.82) is 0 Å². The standard InChI is InChI=1S/C23H22ClN3O5/c1-14-19(21(28)26-10-12-32-13-11-26)20(17-4-2-3-5-18(17)24)25-23(31)27(14)16-8-6-15(7-9-16)22(29)30/h2-9,20H,10-13H2,1H3,(H,25,31)(H,29,30)/t20-/m0/s1. The summed E-state index contributed by atoms with van der Waals surface area (Å²) in [7, 11) is 0. The van der Waals surface area contributed by atoms with E-state index in [4.69, 9.17) is 21.4 Å². The molecule has 1 fully saturated rings. The maximum atomic E-state index is 13.6. The molecule has 4 rings (SSSR count). The molecule has 2 N–H and O–H groups in total. The highest BCUT2D eigenvalue weighted by molar-refractivity contribution is 6.31. The highest BCUT2D eigenvalue weighted by atomic mass is 35.5. The summed E-state index contributed by atoms with van der Waals surface area (Å²) in [5.41, 5.74) is 2.04. The zero-order valence-electron chi connectivity index (χ0n) is 17.4. The zero-order chi connectivity index (χ0) is 22.8. The Morgan fingerprint density at radius 3 is 2.38 bits per heavy atom. The fraction of sp³-hybridized carbons (Fsp3) is 0.261. The number of aromatic carboxylic acids is 1. The number of carbonyl (C=O) groups excluding carboxylic acids is 2. The van der Waals surface area contributed by atoms with Crippen LogP contribution in [0.1, 0.15) is 28.9 Å². The average Bonchev–Trinajstić information content (AvgIpc) is 2.79. The predicted molar refractivity (Wildman–Crippen MR) is 119 cm³/mol. The van der Waals surface area contributed by atoms with Gasteiger partial charge in [0.25, 0.3) is 5.91 Å². The van der Waals surface area contributed by atoms with Crippen LogP contribution < -0.4 is 10.2 Å². The molecule has 2 aliphatic rings. The second-order valence-electron chi connectivity index (χ2n) is 7.50. The molecule has 0 spiro atoms. The van der Waals surface area contributed by atoms with Crippen LogP contribution in [0, 0.1) is 0 Å². The van der Waals surface area contributed by atoms with Gasteiger partial charge in [0.05, 0.1) is 36.1 Å². The molecule has 2 heterocycles. The van der Waals surface area contributed by atoms with Crippen molar-refractivity contribution in [2.75, 3.05) is 31.2 Å². The molecule has 0 saturated carbocycles. The summed E-state index contributed by atoms with van der Waals surface area (Å²) in [6.07, 6.45) is 0. The van der Waals surface area contributed by atoms with Gasteiger partial charge in [-0.1, -0.05) is 29.8 Å². The monoisotopic (exact) mass is 455 g/mol. The van der Waals surface area contributed by atoms with E-state index < -0.39 is 18.0 Å². The first-order chi connectivity index (χ1) is 15.4. The predicted octanol–water partition coefficient (Wildman–Crippen LogP) is 3.44. The van der Waals surface area contributed by atoms with Crippen LogP contribution in [0.4, 0.5) is 10.5 Å². The van der Waals surface area contributed by atoms with E-state index in [1.54, 1.807) is 48.2 Å². The maximum absolute atomic E-state index is 13.6. The van der Waals surface area contributed by atoms with Gasteiger partial charge in [0.2, 0.25) is 0 Å². The Bertz CT molecular complexity index is 1090. The number of carboxylic acid groups (broad SMARTS) is 1. The molecule has 3 amide bonds. The number of morpholine rings is 1. The first-order valence-electron chi connectivity index (χ1n) is 10.1. The van der Waals surface area contributed by atoms with E-state index in [1.807, 2.05) is 0 Å². The van der Waals surface area contributed by atoms with Crippen molar-refractivity contribution in [1.82, 2.24) is 10.2 Å². The molecule has 8 nitrogen and oxygen atoms in total. The Kier molecular flexibility index (Phi) is 6.16. The van der Waals surface area contributed by atoms with E-state index in [0.717, 1.165) is 0 Å². The minimum absolute atomic E-state index is 0.103. The molecule has 0 radical (unpaired) electrons. The Morgan fingerprint density at radius 2 is 1.75 bits per heavy atom. The summed E-state index contributed by atoms with van der Waals surface area (Å²) in [5, 5.41) is 12.5. The van der Waals surface area contributed by atoms with Gasteiger partial charge < -0.3 is 20.1 Å². The number of hydrogen-bond acceptors (Lipinski definition) is 4. The van der Waals surface area contributed by atoms with Crippen LogP contribution >= 0.6 is 11.6 Å². The van der Waals surface area contributed by atoms with Crippen molar-refractivity contribution < 1.29 is 24.2 Å². The van der Waals surface area contributed by atoms with Gasteiger partial charge in [-0.3, -0.25) is 9.69 Å². The van der Waals surface area contributed by atoms with E-state index in [0.29, 0.717) is 53.8 Å². The van der Waals surface area contributed by atoms with Gasteiger partial charge in [-0.15, -0.1) is 0 Å². The van der Waals surface area contributed by atoms with Gasteiger partial charge in [-0.05, 0) is 42.8 Å². The Hall–Kier alpha value is -3.36. The van der Waals surface area contributed by atoms with Gasteiger partial charge in [0, 0.05) is 23.8 Å². The van der Waals surface area contributed by atoms with Crippen molar-refractivity contribution >= 4 is 35.2 Å². The first-order valence-corrected chi connectivity index (χ1v) is 10.5. The summed E-state index contributed by atoms with van der Waals surface area (Å²) in [6, 6.07) is 11.8. The molecule has 9 heteroatoms. The van der Waals surface area contributed by atoms with Crippen LogP contribution in [0.15, 0.2) is 59.8 Å². The lowest BCUT2D eigenvalue weighted by Gasteiger charge is -2.38. The third kappa shape index (κ3) is 4.06. The molecule has 32 heavy (non-hydrogen) atoms. The van der Waals surface area contributed by atoms with Gasteiger partial charge in [0.15, 0.2) is 0 Å². The normalized spacial score (nSPS) is 19.1. The molecule has 0 bridgehead atoms. The number of urea groups is 1. The number of carboxylic acids is 1. The molecule has 2 aromatic carbocycles. The second-order valence-corrected chi connectivity index (χ2v) is 7.90. The van der Waals surface area contributed by atoms with E-state index in [2.05, 4.69) is 5.32 Å². The first kappa shape index (κ1) is 21.9. The highest BCUT2D eigenvalue weighted by Gasteiger charge is 2.39. The molecule has 166 valence electrons. The van der Waals surface area contributed by atoms with Crippen molar-refractivity contribution in [3.05, 3.63) is 76.0 Å². The number of hydrogen-bond donors (Lipinski definition) is 2. The number of anilines is 1. The second kappa shape index (κ2) is 9.02. The zero-order valence-corrected chi connectivity index (χ0v) is 18.1. The third-order valence-electron chi connectivity index (χ3n) is 5.60. The largest absolute Gasteiger partial charge is 0.478 e. The summed E-state index contributed by atoms with van der Waals surface area (Å²) < 4.78 is 5.37. The topological polar surface area (TPSA) is 99.2 Å². The highest BCUT2D eigenvalue weighted by Crippen LogP contribution is 2.37. The summed E-state index contributed by atoms with van der Waals surface area (Å²) in [4.78, 5) is 41.0. The van der Waals surface area contributed by atoms with Crippen LogP contribution in [0.25, 0.3) is 0 Å². The molecule has 0 aliphatic carbocycles. The number of rotatable bonds is 4. The molecule has 2 aliphatic heterocycles. The van der Waals surface area contributed by atoms with Crippen molar-refractivity contribution in [2.24, 2.45) is 0 Å². The fourth-order valence-corrected chi connectivity index (χ4v) is 4.21. The van der Waals surface area contributed by atoms with Crippen molar-refractivity contribution in [2.45, 2.75) is 13.0 Å². The number of nitrogens with zero attached hydrogens (tertiary/aromatic N) is 2. The molecule has 1 atom stereocenters. The summed E-state index contributed by atoms with van der Waals surface area (Å²) in [6.45, 7) is 3.50. The molecule has 2 aromatic rings. The minimum atomic E-state index is -1.06. The molecule has 1 saturated heterocycles. The van der Waals surface area contributed by atoms with E-state index in [1.165, 1.54) is 17.0 Å². The van der Waals surface area contributed by atoms with Gasteiger partial charge >= 0.3 is 12.0 Å². The Balaban J connectivity index is 1.81. The van der Waals surface area contributed by atoms with E-state index in [9.17, 15) is 14.4 Å². The van der Waals surface area contributed by atoms with Crippen molar-refractivity contribution in [3.8, 4) is 0 Å². The van der Waals surface area contributed by atoms with Crippen LogP contribution in [-0.2, 0) is 9.53 Å². The molecule has 0 unspecified atom stereocenters. The number of halogens is 1. The Labute approximate surface area is 190 Å². The number of allylic oxidation sites excluding steroid dienone is 1. The lowest BCUT2D eigenvalue weighted by molar-refractivity contribution is -0.131. The summed E-state index contributed by atoms with van der Waals surface area (Å²) in [5.74, 6) is -1.27. The molecule has 0 aromatic heterocycles. The van der Waals surface area contributed by atoms with E-state index >= 15 is 0 Å². The van der Waals surface area contributed by atoms with Crippen LogP contribution in [-0.4, -0.2) is 54.2 Å². The SMILES string of the molecule is CC1=C(C(=O)N2CCOCC2)[C@H](c2ccccc2Cl)NC(=O)N1c1ccc(C(=O)O)cc1. The van der Waals surface area contributed by atoms with Gasteiger partial charge in [0.1, 0.15) is 0 Å². The number of nitrogens with one attached hydrogen (secondary N) is 1. The lowest BCUT2D eigenvalue weighted by Crippen LogP contribution is -2.51. The summed E-state index contributed by atoms with van der Waals surface area (Å²) >= 11 is 6.42. The molecular formula is C23H22ClN3O5. The number of benzene rings is 2. The van der Waals surface area contributed by atoms with Crippen molar-refractivity contribution in [3.63, 3.8) is 0 Å². The number of ether oxygens (including phenoxy) is 1. The third-order valence-corrected chi connectivity index (χ3v) is 5.95. The van der Waals surface area contributed by atoms with Crippen LogP contribution in [0.5, 0.6) is 0 Å². The number of carbonyl (C=O) groups is 3. The minimum Gasteiger partial charge on any atom is -0.478 e. The van der Waals surface area contributed by atoms with Crippen LogP contribution in [0.3, 0.4) is 0 Å².